The highest BCUT2D eigenvalue weighted by Crippen LogP contribution is 2.29. The maximum atomic E-state index is 13.0. The van der Waals surface area contributed by atoms with Crippen LogP contribution in [-0.4, -0.2) is 45.0 Å². The van der Waals surface area contributed by atoms with Crippen molar-refractivity contribution < 1.29 is 19.1 Å². The van der Waals surface area contributed by atoms with E-state index in [4.69, 9.17) is 4.74 Å². The smallest absolute Gasteiger partial charge is 0.407 e. The summed E-state index contributed by atoms with van der Waals surface area (Å²) in [5.41, 5.74) is 4.86. The highest BCUT2D eigenvalue weighted by atomic mass is 16.6. The van der Waals surface area contributed by atoms with Crippen LogP contribution < -0.4 is 21.3 Å². The summed E-state index contributed by atoms with van der Waals surface area (Å²) < 4.78 is 5.23. The molecule has 5 rings (SSSR count). The van der Waals surface area contributed by atoms with Crippen molar-refractivity contribution in [3.63, 3.8) is 0 Å². The van der Waals surface area contributed by atoms with E-state index in [9.17, 15) is 14.4 Å². The number of H-pyrrole nitrogens is 1. The third-order valence-electron chi connectivity index (χ3n) is 8.10. The molecule has 11 heteroatoms. The average molecular weight is 690 g/mol. The van der Waals surface area contributed by atoms with E-state index in [1.165, 1.54) is 6.33 Å². The zero-order chi connectivity index (χ0) is 36.1. The maximum Gasteiger partial charge on any atom is 0.407 e. The lowest BCUT2D eigenvalue weighted by molar-refractivity contribution is -0.116. The number of anilines is 4. The molecular weight excluding hydrogens is 642 g/mol. The SMILES string of the molecule is CC(C)(C)OC(=O)NCCCCCCCCCC(=O)Nc1ccc(C(=O)Nc2cccc(Nc3cc(-c4c[nH]c5ccccc45)ncn3)c2)cc1. The maximum absolute atomic E-state index is 13.0. The summed E-state index contributed by atoms with van der Waals surface area (Å²) in [5, 5.41) is 13.0. The van der Waals surface area contributed by atoms with Crippen LogP contribution in [0.3, 0.4) is 0 Å². The number of hydrogen-bond acceptors (Lipinski definition) is 7. The van der Waals surface area contributed by atoms with Gasteiger partial charge in [0.25, 0.3) is 5.91 Å². The van der Waals surface area contributed by atoms with Crippen molar-refractivity contribution in [1.82, 2.24) is 20.3 Å². The van der Waals surface area contributed by atoms with Crippen molar-refractivity contribution in [2.75, 3.05) is 22.5 Å². The molecule has 0 atom stereocenters. The molecule has 51 heavy (non-hydrogen) atoms. The van der Waals surface area contributed by atoms with Crippen LogP contribution in [0.2, 0.25) is 0 Å². The van der Waals surface area contributed by atoms with Crippen LogP contribution >= 0.6 is 0 Å². The Balaban J connectivity index is 0.996. The first-order chi connectivity index (χ1) is 24.6. The summed E-state index contributed by atoms with van der Waals surface area (Å²) in [5.74, 6) is 0.333. The topological polar surface area (TPSA) is 150 Å². The first-order valence-corrected chi connectivity index (χ1v) is 17.6. The zero-order valence-corrected chi connectivity index (χ0v) is 29.6. The Bertz CT molecular complexity index is 1910. The number of para-hydroxylation sites is 1. The van der Waals surface area contributed by atoms with E-state index in [0.717, 1.165) is 72.8 Å². The molecule has 0 fully saturated rings. The second kappa shape index (κ2) is 17.8. The van der Waals surface area contributed by atoms with Gasteiger partial charge < -0.3 is 31.0 Å². The molecule has 0 saturated carbocycles. The van der Waals surface area contributed by atoms with E-state index in [1.807, 2.05) is 75.5 Å². The van der Waals surface area contributed by atoms with Gasteiger partial charge in [0, 0.05) is 64.3 Å². The fourth-order valence-corrected chi connectivity index (χ4v) is 5.61. The first-order valence-electron chi connectivity index (χ1n) is 17.6. The molecule has 3 aromatic carbocycles. The number of alkyl carbamates (subject to hydrolysis) is 1. The summed E-state index contributed by atoms with van der Waals surface area (Å²) in [6.07, 6.45) is 10.6. The predicted molar refractivity (Wildman–Crippen MR) is 203 cm³/mol. The van der Waals surface area contributed by atoms with Crippen LogP contribution in [-0.2, 0) is 9.53 Å². The second-order valence-electron chi connectivity index (χ2n) is 13.5. The molecule has 0 radical (unpaired) electrons. The molecule has 3 amide bonds. The molecule has 5 aromatic rings. The Morgan fingerprint density at radius 1 is 0.745 bits per heavy atom. The lowest BCUT2D eigenvalue weighted by Crippen LogP contribution is -2.32. The first kappa shape index (κ1) is 36.6. The number of hydrogen-bond donors (Lipinski definition) is 5. The molecule has 0 bridgehead atoms. The molecule has 0 aliphatic rings. The minimum absolute atomic E-state index is 0.0398. The lowest BCUT2D eigenvalue weighted by atomic mass is 10.1. The highest BCUT2D eigenvalue weighted by Gasteiger charge is 2.15. The Kier molecular flexibility index (Phi) is 12.8. The number of amides is 3. The van der Waals surface area contributed by atoms with E-state index in [1.54, 1.807) is 24.3 Å². The molecule has 0 unspecified atom stereocenters. The van der Waals surface area contributed by atoms with Crippen LogP contribution in [0.4, 0.5) is 27.7 Å². The van der Waals surface area contributed by atoms with Gasteiger partial charge in [0.1, 0.15) is 17.7 Å². The van der Waals surface area contributed by atoms with Gasteiger partial charge in [-0.15, -0.1) is 0 Å². The second-order valence-corrected chi connectivity index (χ2v) is 13.5. The molecule has 0 aliphatic heterocycles. The zero-order valence-electron chi connectivity index (χ0n) is 29.6. The number of benzene rings is 3. The summed E-state index contributed by atoms with van der Waals surface area (Å²) in [7, 11) is 0. The Morgan fingerprint density at radius 2 is 1.47 bits per heavy atom. The number of fused-ring (bicyclic) bond motifs is 1. The van der Waals surface area contributed by atoms with Crippen molar-refractivity contribution in [3.05, 3.63) is 97.0 Å². The van der Waals surface area contributed by atoms with Crippen LogP contribution in [0.25, 0.3) is 22.2 Å². The van der Waals surface area contributed by atoms with Crippen molar-refractivity contribution in [2.24, 2.45) is 0 Å². The van der Waals surface area contributed by atoms with Crippen molar-refractivity contribution in [1.29, 1.82) is 0 Å². The summed E-state index contributed by atoms with van der Waals surface area (Å²) >= 11 is 0. The number of nitrogens with zero attached hydrogens (tertiary/aromatic N) is 2. The Labute approximate surface area is 299 Å². The molecule has 266 valence electrons. The number of rotatable bonds is 16. The summed E-state index contributed by atoms with van der Waals surface area (Å²) in [6, 6.07) is 24.2. The van der Waals surface area contributed by atoms with E-state index in [0.29, 0.717) is 35.7 Å². The van der Waals surface area contributed by atoms with Gasteiger partial charge >= 0.3 is 6.09 Å². The van der Waals surface area contributed by atoms with Gasteiger partial charge in [-0.25, -0.2) is 14.8 Å². The molecule has 0 saturated heterocycles. The van der Waals surface area contributed by atoms with Crippen molar-refractivity contribution in [2.45, 2.75) is 77.7 Å². The third kappa shape index (κ3) is 11.7. The largest absolute Gasteiger partial charge is 0.444 e. The van der Waals surface area contributed by atoms with Crippen molar-refractivity contribution in [3.8, 4) is 11.3 Å². The molecule has 11 nitrogen and oxygen atoms in total. The number of carbonyl (C=O) groups excluding carboxylic acids is 3. The molecule has 0 spiro atoms. The number of unbranched alkanes of at least 4 members (excludes halogenated alkanes) is 6. The van der Waals surface area contributed by atoms with Gasteiger partial charge in [0.05, 0.1) is 5.69 Å². The van der Waals surface area contributed by atoms with Crippen LogP contribution in [0, 0.1) is 0 Å². The van der Waals surface area contributed by atoms with Crippen LogP contribution in [0.1, 0.15) is 82.5 Å². The monoisotopic (exact) mass is 689 g/mol. The molecule has 5 N–H and O–H groups in total. The normalized spacial score (nSPS) is 11.2. The number of nitrogens with one attached hydrogen (secondary N) is 5. The Morgan fingerprint density at radius 3 is 2.25 bits per heavy atom. The minimum atomic E-state index is -0.481. The molecule has 2 heterocycles. The van der Waals surface area contributed by atoms with E-state index in [2.05, 4.69) is 42.3 Å². The average Bonchev–Trinajstić information content (AvgIpc) is 3.53. The van der Waals surface area contributed by atoms with Crippen LogP contribution in [0.5, 0.6) is 0 Å². The van der Waals surface area contributed by atoms with Gasteiger partial charge in [-0.05, 0) is 82.1 Å². The van der Waals surface area contributed by atoms with Gasteiger partial charge in [0.15, 0.2) is 0 Å². The predicted octanol–water partition coefficient (Wildman–Crippen LogP) is 9.20. The number of carbonyl (C=O) groups is 3. The van der Waals surface area contributed by atoms with E-state index >= 15 is 0 Å². The van der Waals surface area contributed by atoms with Gasteiger partial charge in [-0.2, -0.15) is 0 Å². The van der Waals surface area contributed by atoms with E-state index < -0.39 is 5.60 Å². The van der Waals surface area contributed by atoms with E-state index in [-0.39, 0.29) is 17.9 Å². The number of ether oxygens (including phenoxy) is 1. The quantitative estimate of drug-likeness (QED) is 0.0648. The lowest BCUT2D eigenvalue weighted by Gasteiger charge is -2.19. The van der Waals surface area contributed by atoms with Gasteiger partial charge in [-0.1, -0.05) is 56.4 Å². The fourth-order valence-electron chi connectivity index (χ4n) is 5.61. The molecular formula is C40H47N7O4. The summed E-state index contributed by atoms with van der Waals surface area (Å²) in [6.45, 7) is 6.16. The van der Waals surface area contributed by atoms with Gasteiger partial charge in [-0.3, -0.25) is 9.59 Å². The molecule has 0 aliphatic carbocycles. The fraction of sp³-hybridized carbons (Fsp3) is 0.325. The minimum Gasteiger partial charge on any atom is -0.444 e. The standard InChI is InChI=1S/C40H47N7O4/c1-40(2,3)51-39(50)41-23-12-8-6-4-5-7-9-18-37(48)46-29-21-19-28(20-22-29)38(49)47-31-15-13-14-30(24-31)45-36-25-35(43-27-44-36)33-26-42-34-17-11-10-16-32(33)34/h10-11,13-17,19-22,24-27,42H,4-9,12,18,23H2,1-3H3,(H,41,50)(H,46,48)(H,47,49)(H,43,44,45). The summed E-state index contributed by atoms with van der Waals surface area (Å²) in [4.78, 5) is 49.3. The number of aromatic nitrogens is 3. The van der Waals surface area contributed by atoms with Crippen molar-refractivity contribution >= 4 is 51.7 Å². The van der Waals surface area contributed by atoms with Gasteiger partial charge in [0.2, 0.25) is 5.91 Å². The van der Waals surface area contributed by atoms with Crippen LogP contribution in [0.15, 0.2) is 91.4 Å². The Hall–Kier alpha value is -5.71. The molecule has 2 aromatic heterocycles. The highest BCUT2D eigenvalue weighted by molar-refractivity contribution is 6.05. The number of aromatic amines is 1. The third-order valence-corrected chi connectivity index (χ3v) is 8.10.